The highest BCUT2D eigenvalue weighted by Gasteiger charge is 2.28. The van der Waals surface area contributed by atoms with E-state index in [1.165, 1.54) is 0 Å². The van der Waals surface area contributed by atoms with Crippen LogP contribution in [0.2, 0.25) is 0 Å². The van der Waals surface area contributed by atoms with Crippen LogP contribution in [0.1, 0.15) is 31.3 Å². The Bertz CT molecular complexity index is 773. The first-order valence-corrected chi connectivity index (χ1v) is 8.85. The number of hydrogen-bond acceptors (Lipinski definition) is 4. The van der Waals surface area contributed by atoms with Crippen LogP contribution in [0.15, 0.2) is 28.7 Å². The minimum Gasteiger partial charge on any atom is -0.449 e. The fourth-order valence-electron chi connectivity index (χ4n) is 3.00. The highest BCUT2D eigenvalue weighted by Crippen LogP contribution is 2.32. The molecule has 0 atom stereocenters. The van der Waals surface area contributed by atoms with Gasteiger partial charge in [0.25, 0.3) is 5.91 Å². The number of hydrogen-bond donors (Lipinski definition) is 1. The third kappa shape index (κ3) is 3.54. The molecule has 0 spiro atoms. The number of carbonyl (C=O) groups is 2. The molecule has 1 saturated heterocycles. The maximum atomic E-state index is 13.0. The van der Waals surface area contributed by atoms with Gasteiger partial charge in [-0.3, -0.25) is 9.59 Å². The zero-order valence-electron chi connectivity index (χ0n) is 15.0. The molecule has 0 bridgehead atoms. The van der Waals surface area contributed by atoms with Crippen molar-refractivity contribution in [2.24, 2.45) is 5.92 Å². The molecule has 0 aliphatic carbocycles. The van der Waals surface area contributed by atoms with E-state index in [2.05, 4.69) is 17.1 Å². The number of fused-ring (bicyclic) bond motifs is 1. The van der Waals surface area contributed by atoms with E-state index >= 15 is 0 Å². The molecule has 1 aromatic heterocycles. The summed E-state index contributed by atoms with van der Waals surface area (Å²) in [6.45, 7) is 9.81. The zero-order chi connectivity index (χ0) is 18.0. The first-order chi connectivity index (χ1) is 12.0. The number of anilines is 1. The summed E-state index contributed by atoms with van der Waals surface area (Å²) in [5.74, 6) is -0.243. The standard InChI is InChI=1S/C19H25N3O3/c1-4-21-9-11-22(12-10-21)19(24)17-16(20-18(23)13(2)3)14-7-5-6-8-15(14)25-17/h5-8,13H,4,9-12H2,1-3H3,(H,20,23). The van der Waals surface area contributed by atoms with E-state index < -0.39 is 0 Å². The van der Waals surface area contributed by atoms with Crippen LogP contribution in [0.25, 0.3) is 11.0 Å². The summed E-state index contributed by atoms with van der Waals surface area (Å²) >= 11 is 0. The smallest absolute Gasteiger partial charge is 0.291 e. The van der Waals surface area contributed by atoms with Crippen LogP contribution >= 0.6 is 0 Å². The molecule has 2 amide bonds. The van der Waals surface area contributed by atoms with Crippen LogP contribution in [0, 0.1) is 5.92 Å². The highest BCUT2D eigenvalue weighted by atomic mass is 16.3. The van der Waals surface area contributed by atoms with Gasteiger partial charge in [-0.1, -0.05) is 32.9 Å². The number of furan rings is 1. The fraction of sp³-hybridized carbons (Fsp3) is 0.474. The average Bonchev–Trinajstić information content (AvgIpc) is 2.99. The number of amides is 2. The van der Waals surface area contributed by atoms with Gasteiger partial charge >= 0.3 is 0 Å². The lowest BCUT2D eigenvalue weighted by Crippen LogP contribution is -2.48. The molecule has 2 heterocycles. The molecule has 1 aliphatic heterocycles. The van der Waals surface area contributed by atoms with E-state index in [-0.39, 0.29) is 23.5 Å². The van der Waals surface area contributed by atoms with Crippen LogP contribution in [-0.2, 0) is 4.79 Å². The SMILES string of the molecule is CCN1CCN(C(=O)c2oc3ccccc3c2NC(=O)C(C)C)CC1. The molecule has 2 aromatic rings. The lowest BCUT2D eigenvalue weighted by Gasteiger charge is -2.33. The molecule has 134 valence electrons. The van der Waals surface area contributed by atoms with Crippen molar-refractivity contribution in [1.29, 1.82) is 0 Å². The molecule has 0 radical (unpaired) electrons. The van der Waals surface area contributed by atoms with Crippen molar-refractivity contribution in [1.82, 2.24) is 9.80 Å². The van der Waals surface area contributed by atoms with Crippen molar-refractivity contribution >= 4 is 28.5 Å². The summed E-state index contributed by atoms with van der Waals surface area (Å²) in [6.07, 6.45) is 0. The first-order valence-electron chi connectivity index (χ1n) is 8.85. The van der Waals surface area contributed by atoms with Crippen molar-refractivity contribution in [2.45, 2.75) is 20.8 Å². The van der Waals surface area contributed by atoms with Crippen molar-refractivity contribution in [3.05, 3.63) is 30.0 Å². The van der Waals surface area contributed by atoms with E-state index in [9.17, 15) is 9.59 Å². The third-order valence-corrected chi connectivity index (χ3v) is 4.67. The van der Waals surface area contributed by atoms with Gasteiger partial charge in [0.05, 0.1) is 0 Å². The minimum absolute atomic E-state index is 0.128. The Morgan fingerprint density at radius 2 is 1.84 bits per heavy atom. The van der Waals surface area contributed by atoms with Gasteiger partial charge in [0.2, 0.25) is 11.7 Å². The van der Waals surface area contributed by atoms with Crippen LogP contribution in [0.5, 0.6) is 0 Å². The van der Waals surface area contributed by atoms with Crippen LogP contribution in [0.4, 0.5) is 5.69 Å². The minimum atomic E-state index is -0.176. The van der Waals surface area contributed by atoms with Crippen LogP contribution in [0.3, 0.4) is 0 Å². The number of carbonyl (C=O) groups excluding carboxylic acids is 2. The molecule has 1 N–H and O–H groups in total. The van der Waals surface area contributed by atoms with Gasteiger partial charge in [0.1, 0.15) is 11.3 Å². The van der Waals surface area contributed by atoms with Crippen molar-refractivity contribution in [3.63, 3.8) is 0 Å². The van der Waals surface area contributed by atoms with Gasteiger partial charge in [-0.15, -0.1) is 0 Å². The van der Waals surface area contributed by atoms with E-state index in [4.69, 9.17) is 4.42 Å². The number of nitrogens with zero attached hydrogens (tertiary/aromatic N) is 2. The lowest BCUT2D eigenvalue weighted by atomic mass is 10.1. The van der Waals surface area contributed by atoms with Crippen LogP contribution < -0.4 is 5.32 Å². The largest absolute Gasteiger partial charge is 0.449 e. The Morgan fingerprint density at radius 1 is 1.16 bits per heavy atom. The number of benzene rings is 1. The number of para-hydroxylation sites is 1. The topological polar surface area (TPSA) is 65.8 Å². The second-order valence-electron chi connectivity index (χ2n) is 6.67. The average molecular weight is 343 g/mol. The quantitative estimate of drug-likeness (QED) is 0.927. The molecule has 3 rings (SSSR count). The number of piperazine rings is 1. The summed E-state index contributed by atoms with van der Waals surface area (Å²) < 4.78 is 5.83. The van der Waals surface area contributed by atoms with E-state index in [0.29, 0.717) is 24.4 Å². The number of rotatable bonds is 4. The van der Waals surface area contributed by atoms with E-state index in [1.807, 2.05) is 38.1 Å². The van der Waals surface area contributed by atoms with E-state index in [1.54, 1.807) is 4.90 Å². The van der Waals surface area contributed by atoms with Gasteiger partial charge in [-0.05, 0) is 18.7 Å². The third-order valence-electron chi connectivity index (χ3n) is 4.67. The summed E-state index contributed by atoms with van der Waals surface area (Å²) in [5, 5.41) is 3.64. The maximum absolute atomic E-state index is 13.0. The molecule has 6 heteroatoms. The summed E-state index contributed by atoms with van der Waals surface area (Å²) in [7, 11) is 0. The second kappa shape index (κ2) is 7.27. The predicted octanol–water partition coefficient (Wildman–Crippen LogP) is 2.81. The summed E-state index contributed by atoms with van der Waals surface area (Å²) in [5.41, 5.74) is 1.09. The summed E-state index contributed by atoms with van der Waals surface area (Å²) in [4.78, 5) is 29.3. The predicted molar refractivity (Wildman–Crippen MR) is 97.7 cm³/mol. The molecule has 1 aliphatic rings. The van der Waals surface area contributed by atoms with Crippen molar-refractivity contribution < 1.29 is 14.0 Å². The number of likely N-dealkylation sites (N-methyl/N-ethyl adjacent to an activating group) is 1. The molecule has 25 heavy (non-hydrogen) atoms. The number of nitrogens with one attached hydrogen (secondary N) is 1. The molecule has 0 saturated carbocycles. The molecule has 1 fully saturated rings. The van der Waals surface area contributed by atoms with Gasteiger partial charge in [0, 0.05) is 37.5 Å². The van der Waals surface area contributed by atoms with Gasteiger partial charge in [-0.25, -0.2) is 0 Å². The lowest BCUT2D eigenvalue weighted by molar-refractivity contribution is -0.118. The first kappa shape index (κ1) is 17.5. The Labute approximate surface area is 147 Å². The van der Waals surface area contributed by atoms with Gasteiger partial charge < -0.3 is 19.5 Å². The van der Waals surface area contributed by atoms with Gasteiger partial charge in [-0.2, -0.15) is 0 Å². The van der Waals surface area contributed by atoms with Gasteiger partial charge in [0.15, 0.2) is 0 Å². The van der Waals surface area contributed by atoms with E-state index in [0.717, 1.165) is 25.0 Å². The normalized spacial score (nSPS) is 15.8. The monoisotopic (exact) mass is 343 g/mol. The molecular formula is C19H25N3O3. The molecular weight excluding hydrogens is 318 g/mol. The molecule has 6 nitrogen and oxygen atoms in total. The Kier molecular flexibility index (Phi) is 5.08. The Hall–Kier alpha value is -2.34. The van der Waals surface area contributed by atoms with Crippen molar-refractivity contribution in [3.8, 4) is 0 Å². The molecule has 1 aromatic carbocycles. The zero-order valence-corrected chi connectivity index (χ0v) is 15.0. The summed E-state index contributed by atoms with van der Waals surface area (Å²) in [6, 6.07) is 7.40. The Morgan fingerprint density at radius 3 is 2.48 bits per heavy atom. The fourth-order valence-corrected chi connectivity index (χ4v) is 3.00. The molecule has 0 unspecified atom stereocenters. The van der Waals surface area contributed by atoms with Crippen molar-refractivity contribution in [2.75, 3.05) is 38.0 Å². The van der Waals surface area contributed by atoms with Crippen LogP contribution in [-0.4, -0.2) is 54.3 Å². The second-order valence-corrected chi connectivity index (χ2v) is 6.67. The maximum Gasteiger partial charge on any atom is 0.291 e. The Balaban J connectivity index is 1.92. The highest BCUT2D eigenvalue weighted by molar-refractivity contribution is 6.11.